The van der Waals surface area contributed by atoms with E-state index in [1.165, 1.54) is 29.5 Å². The van der Waals surface area contributed by atoms with Crippen LogP contribution in [0.1, 0.15) is 55.1 Å². The fourth-order valence-corrected chi connectivity index (χ4v) is 6.10. The standard InChI is InChI=1S/C34H33F3N4O4/c1-32(2,3)45-31(43)40-14-13-33(18-27(33)19-40)25-9-5-21(6-10-25)23-15-24(30(42)44-4)17-28(16-23)41-20-29(38-39-41)22-7-11-26(12-8-22)34(35,36)37/h5-12,15-17,20,27H,13-14,18-19H2,1-4H3. The Balaban J connectivity index is 1.23. The Hall–Kier alpha value is -4.67. The van der Waals surface area contributed by atoms with Crippen molar-refractivity contribution in [3.05, 3.63) is 89.6 Å². The maximum atomic E-state index is 13.0. The second-order valence-electron chi connectivity index (χ2n) is 12.7. The van der Waals surface area contributed by atoms with Gasteiger partial charge in [-0.05, 0) is 86.6 Å². The van der Waals surface area contributed by atoms with E-state index in [1.807, 2.05) is 43.9 Å². The SMILES string of the molecule is COC(=O)c1cc(-c2ccc(C34CCN(C(=O)OC(C)(C)C)CC3C4)cc2)cc(-n2cc(-c3ccc(C(F)(F)F)cc3)nn2)c1. The fraction of sp³-hybridized carbons (Fsp3) is 0.353. The summed E-state index contributed by atoms with van der Waals surface area (Å²) in [6.45, 7) is 6.92. The molecule has 2 fully saturated rings. The number of alkyl halides is 3. The molecule has 1 saturated carbocycles. The zero-order chi connectivity index (χ0) is 32.1. The van der Waals surface area contributed by atoms with Gasteiger partial charge in [0, 0.05) is 24.1 Å². The Bertz CT molecular complexity index is 1740. The van der Waals surface area contributed by atoms with Crippen LogP contribution in [0.15, 0.2) is 72.9 Å². The minimum absolute atomic E-state index is 0.0471. The molecule has 2 aliphatic rings. The number of amides is 1. The zero-order valence-electron chi connectivity index (χ0n) is 25.4. The third-order valence-electron chi connectivity index (χ3n) is 8.55. The van der Waals surface area contributed by atoms with Crippen molar-refractivity contribution in [2.24, 2.45) is 5.92 Å². The highest BCUT2D eigenvalue weighted by Gasteiger charge is 2.58. The minimum atomic E-state index is -4.43. The normalized spacial score (nSPS) is 19.5. The number of hydrogen-bond acceptors (Lipinski definition) is 6. The van der Waals surface area contributed by atoms with Crippen LogP contribution < -0.4 is 0 Å². The number of halogens is 3. The van der Waals surface area contributed by atoms with Gasteiger partial charge in [-0.3, -0.25) is 0 Å². The van der Waals surface area contributed by atoms with Crippen LogP contribution in [-0.2, 0) is 21.1 Å². The molecular weight excluding hydrogens is 585 g/mol. The number of carbonyl (C=O) groups excluding carboxylic acids is 2. The highest BCUT2D eigenvalue weighted by Crippen LogP contribution is 2.59. The number of piperidine rings is 1. The van der Waals surface area contributed by atoms with E-state index in [2.05, 4.69) is 22.4 Å². The summed E-state index contributed by atoms with van der Waals surface area (Å²) in [6.07, 6.45) is -1.22. The summed E-state index contributed by atoms with van der Waals surface area (Å²) in [4.78, 5) is 27.0. The number of rotatable bonds is 5. The summed E-state index contributed by atoms with van der Waals surface area (Å²) in [6, 6.07) is 18.2. The summed E-state index contributed by atoms with van der Waals surface area (Å²) < 4.78 is 51.0. The highest BCUT2D eigenvalue weighted by atomic mass is 19.4. The number of methoxy groups -OCH3 is 1. The predicted molar refractivity (Wildman–Crippen MR) is 161 cm³/mol. The molecule has 1 saturated heterocycles. The van der Waals surface area contributed by atoms with E-state index in [-0.39, 0.29) is 11.5 Å². The molecule has 45 heavy (non-hydrogen) atoms. The average Bonchev–Trinajstić information content (AvgIpc) is 3.55. The third kappa shape index (κ3) is 6.16. The topological polar surface area (TPSA) is 86.5 Å². The number of hydrogen-bond donors (Lipinski definition) is 0. The van der Waals surface area contributed by atoms with E-state index >= 15 is 0 Å². The van der Waals surface area contributed by atoms with Gasteiger partial charge in [0.05, 0.1) is 30.1 Å². The Kier molecular flexibility index (Phi) is 7.45. The summed E-state index contributed by atoms with van der Waals surface area (Å²) in [5.74, 6) is -0.140. The molecule has 11 heteroatoms. The molecule has 4 aromatic rings. The monoisotopic (exact) mass is 618 g/mol. The van der Waals surface area contributed by atoms with E-state index in [1.54, 1.807) is 18.3 Å². The molecule has 1 amide bonds. The largest absolute Gasteiger partial charge is 0.465 e. The Morgan fingerprint density at radius 1 is 0.933 bits per heavy atom. The summed E-state index contributed by atoms with van der Waals surface area (Å²) in [5, 5.41) is 8.32. The maximum Gasteiger partial charge on any atom is 0.416 e. The number of benzene rings is 3. The van der Waals surface area contributed by atoms with E-state index in [4.69, 9.17) is 9.47 Å². The van der Waals surface area contributed by atoms with Crippen LogP contribution >= 0.6 is 0 Å². The van der Waals surface area contributed by atoms with Gasteiger partial charge in [0.2, 0.25) is 0 Å². The van der Waals surface area contributed by atoms with Gasteiger partial charge in [0.25, 0.3) is 0 Å². The highest BCUT2D eigenvalue weighted by molar-refractivity contribution is 5.92. The van der Waals surface area contributed by atoms with Crippen molar-refractivity contribution < 1.29 is 32.2 Å². The van der Waals surface area contributed by atoms with Crippen molar-refractivity contribution in [1.82, 2.24) is 19.9 Å². The lowest BCUT2D eigenvalue weighted by Crippen LogP contribution is -2.43. The number of esters is 1. The van der Waals surface area contributed by atoms with Crippen LogP contribution in [0, 0.1) is 5.92 Å². The lowest BCUT2D eigenvalue weighted by molar-refractivity contribution is -0.137. The minimum Gasteiger partial charge on any atom is -0.465 e. The van der Waals surface area contributed by atoms with Crippen LogP contribution in [0.25, 0.3) is 28.1 Å². The number of carbonyl (C=O) groups is 2. The number of aromatic nitrogens is 3. The predicted octanol–water partition coefficient (Wildman–Crippen LogP) is 7.31. The van der Waals surface area contributed by atoms with Gasteiger partial charge in [-0.2, -0.15) is 13.2 Å². The molecule has 0 spiro atoms. The fourth-order valence-electron chi connectivity index (χ4n) is 6.10. The van der Waals surface area contributed by atoms with Crippen LogP contribution in [0.4, 0.5) is 18.0 Å². The van der Waals surface area contributed by atoms with Crippen LogP contribution in [-0.4, -0.2) is 57.8 Å². The van der Waals surface area contributed by atoms with Crippen molar-refractivity contribution in [2.75, 3.05) is 20.2 Å². The third-order valence-corrected chi connectivity index (χ3v) is 8.55. The van der Waals surface area contributed by atoms with Gasteiger partial charge < -0.3 is 14.4 Å². The first-order valence-electron chi connectivity index (χ1n) is 14.7. The molecule has 0 radical (unpaired) electrons. The van der Waals surface area contributed by atoms with Crippen molar-refractivity contribution >= 4 is 12.1 Å². The summed E-state index contributed by atoms with van der Waals surface area (Å²) >= 11 is 0. The first-order valence-corrected chi connectivity index (χ1v) is 14.7. The van der Waals surface area contributed by atoms with Gasteiger partial charge in [-0.15, -0.1) is 5.10 Å². The molecule has 3 aromatic carbocycles. The molecule has 2 heterocycles. The maximum absolute atomic E-state index is 13.0. The smallest absolute Gasteiger partial charge is 0.416 e. The van der Waals surface area contributed by atoms with Crippen molar-refractivity contribution in [3.8, 4) is 28.1 Å². The molecule has 234 valence electrons. The number of fused-ring (bicyclic) bond motifs is 1. The van der Waals surface area contributed by atoms with Crippen LogP contribution in [0.2, 0.25) is 0 Å². The van der Waals surface area contributed by atoms with Gasteiger partial charge in [-0.25, -0.2) is 14.3 Å². The van der Waals surface area contributed by atoms with E-state index in [0.717, 1.165) is 36.1 Å². The second-order valence-corrected chi connectivity index (χ2v) is 12.7. The van der Waals surface area contributed by atoms with Gasteiger partial charge in [0.1, 0.15) is 11.3 Å². The number of ether oxygens (including phenoxy) is 2. The molecule has 8 nitrogen and oxygen atoms in total. The first kappa shape index (κ1) is 30.4. The number of likely N-dealkylation sites (tertiary alicyclic amines) is 1. The van der Waals surface area contributed by atoms with Crippen LogP contribution in [0.3, 0.4) is 0 Å². The lowest BCUT2D eigenvalue weighted by Gasteiger charge is -2.33. The van der Waals surface area contributed by atoms with E-state index < -0.39 is 23.3 Å². The molecule has 2 unspecified atom stereocenters. The molecule has 0 N–H and O–H groups in total. The Labute approximate surface area is 258 Å². The Morgan fingerprint density at radius 2 is 1.62 bits per heavy atom. The molecule has 1 aliphatic carbocycles. The van der Waals surface area contributed by atoms with E-state index in [9.17, 15) is 22.8 Å². The quantitative estimate of drug-likeness (QED) is 0.218. The molecular formula is C34H33F3N4O4. The van der Waals surface area contributed by atoms with Crippen molar-refractivity contribution in [3.63, 3.8) is 0 Å². The summed E-state index contributed by atoms with van der Waals surface area (Å²) in [5.41, 5.74) is 3.35. The van der Waals surface area contributed by atoms with E-state index in [0.29, 0.717) is 41.5 Å². The molecule has 1 aromatic heterocycles. The van der Waals surface area contributed by atoms with Gasteiger partial charge in [-0.1, -0.05) is 41.6 Å². The molecule has 0 bridgehead atoms. The van der Waals surface area contributed by atoms with Crippen LogP contribution in [0.5, 0.6) is 0 Å². The molecule has 1 aliphatic heterocycles. The first-order chi connectivity index (χ1) is 21.3. The van der Waals surface area contributed by atoms with Crippen molar-refractivity contribution in [1.29, 1.82) is 0 Å². The van der Waals surface area contributed by atoms with Gasteiger partial charge >= 0.3 is 18.2 Å². The zero-order valence-corrected chi connectivity index (χ0v) is 25.4. The van der Waals surface area contributed by atoms with Crippen molar-refractivity contribution in [2.45, 2.75) is 50.8 Å². The van der Waals surface area contributed by atoms with Gasteiger partial charge in [0.15, 0.2) is 0 Å². The number of nitrogens with zero attached hydrogens (tertiary/aromatic N) is 4. The second kappa shape index (κ2) is 11.0. The molecule has 2 atom stereocenters. The lowest BCUT2D eigenvalue weighted by atomic mass is 9.86. The average molecular weight is 619 g/mol. The Morgan fingerprint density at radius 3 is 2.24 bits per heavy atom. The molecule has 6 rings (SSSR count). The summed E-state index contributed by atoms with van der Waals surface area (Å²) in [7, 11) is 1.31.